The van der Waals surface area contributed by atoms with Crippen LogP contribution in [0.4, 0.5) is 0 Å². The quantitative estimate of drug-likeness (QED) is 0.147. The van der Waals surface area contributed by atoms with Gasteiger partial charge in [0.2, 0.25) is 0 Å². The second-order valence-electron chi connectivity index (χ2n) is 18.3. The average molecular weight is 854 g/mol. The summed E-state index contributed by atoms with van der Waals surface area (Å²) >= 11 is 0. The highest BCUT2D eigenvalue weighted by Gasteiger charge is 2.42. The number of hydrogen-bond donors (Lipinski definition) is 1. The largest absolute Gasteiger partial charge is 0.396 e. The van der Waals surface area contributed by atoms with Crippen molar-refractivity contribution in [3.8, 4) is 0 Å². The maximum absolute atomic E-state index is 13.8. The van der Waals surface area contributed by atoms with Gasteiger partial charge in [0.1, 0.15) is 0 Å². The first-order valence-electron chi connectivity index (χ1n) is 24.2. The van der Waals surface area contributed by atoms with Crippen LogP contribution in [0.5, 0.6) is 0 Å². The summed E-state index contributed by atoms with van der Waals surface area (Å²) in [5.41, 5.74) is 11.5. The minimum Gasteiger partial charge on any atom is -0.396 e. The molecular formula is C56H63N5O3. The average Bonchev–Trinajstić information content (AvgIpc) is 4.10. The number of nitrogens with zero attached hydrogens (tertiary/aromatic N) is 5. The van der Waals surface area contributed by atoms with Gasteiger partial charge >= 0.3 is 0 Å². The zero-order valence-corrected chi connectivity index (χ0v) is 37.8. The fraction of sp³-hybridized carbons (Fsp3) is 0.411. The maximum Gasteiger partial charge on any atom is 0.255 e. The summed E-state index contributed by atoms with van der Waals surface area (Å²) in [5.74, 6) is 0.987. The number of carbonyl (C=O) groups excluding carboxylic acids is 2. The van der Waals surface area contributed by atoms with E-state index < -0.39 is 0 Å². The number of pyridine rings is 3. The molecule has 64 heavy (non-hydrogen) atoms. The smallest absolute Gasteiger partial charge is 0.255 e. The highest BCUT2D eigenvalue weighted by molar-refractivity contribution is 6.06. The second-order valence-corrected chi connectivity index (χ2v) is 18.3. The topological polar surface area (TPSA) is 99.5 Å². The molecule has 6 aromatic rings. The van der Waals surface area contributed by atoms with Gasteiger partial charge in [0, 0.05) is 77.5 Å². The summed E-state index contributed by atoms with van der Waals surface area (Å²) in [6, 6.07) is 25.9. The summed E-state index contributed by atoms with van der Waals surface area (Å²) < 4.78 is 0. The second kappa shape index (κ2) is 19.6. The molecule has 1 atom stereocenters. The predicted octanol–water partition coefficient (Wildman–Crippen LogP) is 12.1. The molecule has 0 saturated heterocycles. The van der Waals surface area contributed by atoms with Crippen molar-refractivity contribution in [2.45, 2.75) is 141 Å². The van der Waals surface area contributed by atoms with Crippen molar-refractivity contribution in [1.29, 1.82) is 0 Å². The van der Waals surface area contributed by atoms with E-state index in [2.05, 4.69) is 82.0 Å². The number of rotatable bonds is 10. The van der Waals surface area contributed by atoms with Crippen LogP contribution in [0.2, 0.25) is 0 Å². The summed E-state index contributed by atoms with van der Waals surface area (Å²) in [6.07, 6.45) is 23.8. The van der Waals surface area contributed by atoms with Crippen LogP contribution in [0.15, 0.2) is 98.0 Å². The van der Waals surface area contributed by atoms with E-state index in [1.807, 2.05) is 44.6 Å². The first-order valence-corrected chi connectivity index (χ1v) is 24.2. The molecule has 8 heteroatoms. The van der Waals surface area contributed by atoms with E-state index in [1.165, 1.54) is 79.0 Å². The van der Waals surface area contributed by atoms with Crippen molar-refractivity contribution >= 4 is 39.6 Å². The number of aromatic nitrogens is 3. The van der Waals surface area contributed by atoms with E-state index in [1.54, 1.807) is 6.08 Å². The minimum absolute atomic E-state index is 0.0652. The fourth-order valence-electron chi connectivity index (χ4n) is 11.0. The molecule has 11 rings (SSSR count). The number of amides is 2. The number of aliphatic hydroxyl groups excluding tert-OH is 1. The van der Waals surface area contributed by atoms with Crippen LogP contribution in [0.1, 0.15) is 175 Å². The van der Waals surface area contributed by atoms with Gasteiger partial charge in [-0.25, -0.2) is 0 Å². The Kier molecular flexibility index (Phi) is 13.3. The maximum atomic E-state index is 13.8. The lowest BCUT2D eigenvalue weighted by Crippen LogP contribution is -2.39. The van der Waals surface area contributed by atoms with Crippen LogP contribution in [0.3, 0.4) is 0 Å². The Morgan fingerprint density at radius 1 is 0.688 bits per heavy atom. The van der Waals surface area contributed by atoms with Gasteiger partial charge in [-0.2, -0.15) is 0 Å². The van der Waals surface area contributed by atoms with E-state index in [-0.39, 0.29) is 30.5 Å². The summed E-state index contributed by atoms with van der Waals surface area (Å²) in [6.45, 7) is 8.60. The third kappa shape index (κ3) is 8.74. The van der Waals surface area contributed by atoms with E-state index in [0.29, 0.717) is 18.4 Å². The predicted molar refractivity (Wildman–Crippen MR) is 257 cm³/mol. The van der Waals surface area contributed by atoms with Gasteiger partial charge in [-0.1, -0.05) is 101 Å². The molecule has 8 nitrogen and oxygen atoms in total. The molecule has 0 radical (unpaired) electrons. The monoisotopic (exact) mass is 853 g/mol. The summed E-state index contributed by atoms with van der Waals surface area (Å²) in [4.78, 5) is 45.2. The molecule has 1 N–H and O–H groups in total. The molecule has 3 aromatic heterocycles. The van der Waals surface area contributed by atoms with E-state index in [4.69, 9.17) is 9.97 Å². The van der Waals surface area contributed by atoms with Crippen molar-refractivity contribution in [3.63, 3.8) is 0 Å². The SMILES string of the molecule is C=Cc1ccc(Cc2cc3c(c4ccccc24)CN(C2CCCCC2)C3=O)cn1.CC.O=C1c2cc(Cc3ccc(C4CC4)nc3)c3cccnc3c2C(CCO)N1C1CCCCC1. The molecule has 2 aliphatic heterocycles. The van der Waals surface area contributed by atoms with Crippen molar-refractivity contribution < 1.29 is 14.7 Å². The third-order valence-corrected chi connectivity index (χ3v) is 14.3. The molecule has 3 aromatic carbocycles. The molecule has 5 aliphatic rings. The molecular weight excluding hydrogens is 791 g/mol. The lowest BCUT2D eigenvalue weighted by atomic mass is 9.91. The van der Waals surface area contributed by atoms with E-state index in [0.717, 1.165) is 95.0 Å². The number of hydrogen-bond acceptors (Lipinski definition) is 6. The van der Waals surface area contributed by atoms with Gasteiger partial charge in [0.05, 0.1) is 17.3 Å². The van der Waals surface area contributed by atoms with Gasteiger partial charge < -0.3 is 14.9 Å². The van der Waals surface area contributed by atoms with Crippen molar-refractivity contribution in [2.75, 3.05) is 6.61 Å². The van der Waals surface area contributed by atoms with Gasteiger partial charge in [-0.3, -0.25) is 24.5 Å². The Bertz CT molecular complexity index is 2620. The number of fused-ring (bicyclic) bond motifs is 6. The number of aliphatic hydroxyl groups is 1. The molecule has 3 aliphatic carbocycles. The summed E-state index contributed by atoms with van der Waals surface area (Å²) in [7, 11) is 0. The number of carbonyl (C=O) groups is 2. The van der Waals surface area contributed by atoms with Gasteiger partial charge in [-0.15, -0.1) is 0 Å². The lowest BCUT2D eigenvalue weighted by Gasteiger charge is -2.36. The molecule has 330 valence electrons. The third-order valence-electron chi connectivity index (χ3n) is 14.3. The van der Waals surface area contributed by atoms with Crippen LogP contribution in [0, 0.1) is 0 Å². The van der Waals surface area contributed by atoms with Crippen LogP contribution < -0.4 is 0 Å². The highest BCUT2D eigenvalue weighted by atomic mass is 16.3. The standard InChI is InChI=1S/C28H31N3O2.C26H26N2O.C2H6/c32-14-12-25-26-23(28(33)31(25)21-5-2-1-3-6-21)16-20(22-7-4-13-29-27(22)26)15-18-8-11-24(30-17-18)19-9-10-19;1-2-20-13-12-18(16-27-20)14-19-15-24-25(23-11-7-6-10-22(19)23)17-28(26(24)29)21-8-4-3-5-9-21;1-2/h4,7-8,11,13,16-17,19,21,25,32H,1-3,5-6,9-10,12,14-15H2;2,6-7,10-13,15-16,21H,1,3-5,8-9,14,17H2;1-2H3. The Hall–Kier alpha value is -5.73. The van der Waals surface area contributed by atoms with E-state index in [9.17, 15) is 14.7 Å². The molecule has 1 unspecified atom stereocenters. The van der Waals surface area contributed by atoms with Crippen LogP contribution in [-0.4, -0.2) is 60.4 Å². The van der Waals surface area contributed by atoms with E-state index >= 15 is 0 Å². The van der Waals surface area contributed by atoms with Gasteiger partial charge in [0.15, 0.2) is 0 Å². The highest BCUT2D eigenvalue weighted by Crippen LogP contribution is 2.45. The minimum atomic E-state index is -0.0912. The van der Waals surface area contributed by atoms with Crippen molar-refractivity contribution in [1.82, 2.24) is 24.8 Å². The number of benzene rings is 3. The first-order chi connectivity index (χ1) is 31.5. The Balaban J connectivity index is 0.000000157. The molecule has 0 spiro atoms. The summed E-state index contributed by atoms with van der Waals surface area (Å²) in [5, 5.41) is 13.4. The van der Waals surface area contributed by atoms with Crippen molar-refractivity contribution in [3.05, 3.63) is 154 Å². The van der Waals surface area contributed by atoms with Gasteiger partial charge in [-0.05, 0) is 133 Å². The zero-order valence-electron chi connectivity index (χ0n) is 37.8. The Labute approximate surface area is 378 Å². The van der Waals surface area contributed by atoms with Crippen LogP contribution in [0.25, 0.3) is 27.8 Å². The van der Waals surface area contributed by atoms with Crippen LogP contribution >= 0.6 is 0 Å². The molecule has 2 amide bonds. The van der Waals surface area contributed by atoms with Crippen molar-refractivity contribution in [2.24, 2.45) is 0 Å². The molecule has 3 fully saturated rings. The first kappa shape index (κ1) is 43.5. The Morgan fingerprint density at radius 3 is 1.97 bits per heavy atom. The zero-order chi connectivity index (χ0) is 44.2. The van der Waals surface area contributed by atoms with Gasteiger partial charge in [0.25, 0.3) is 11.8 Å². The lowest BCUT2D eigenvalue weighted by molar-refractivity contribution is 0.0535. The molecule has 5 heterocycles. The fourth-order valence-corrected chi connectivity index (χ4v) is 11.0. The van der Waals surface area contributed by atoms with Crippen LogP contribution in [-0.2, 0) is 19.4 Å². The molecule has 0 bridgehead atoms. The normalized spacial score (nSPS) is 18.6. The molecule has 3 saturated carbocycles. The Morgan fingerprint density at radius 2 is 1.33 bits per heavy atom.